The van der Waals surface area contributed by atoms with Crippen molar-refractivity contribution in [2.24, 2.45) is 0 Å². The molecule has 4 nitrogen and oxygen atoms in total. The number of carbonyl (C=O) groups excluding carboxylic acids is 1. The van der Waals surface area contributed by atoms with E-state index in [0.29, 0.717) is 18.8 Å². The Bertz CT molecular complexity index is 381. The smallest absolute Gasteiger partial charge is 0.233 e. The van der Waals surface area contributed by atoms with Gasteiger partial charge in [-0.05, 0) is 34.6 Å². The Morgan fingerprint density at radius 2 is 2.25 bits per heavy atom. The summed E-state index contributed by atoms with van der Waals surface area (Å²) in [6.07, 6.45) is 0. The van der Waals surface area contributed by atoms with Crippen molar-refractivity contribution in [2.45, 2.75) is 6.54 Å². The molecular weight excluding hydrogens is 270 g/mol. The average Bonchev–Trinajstić information content (AvgIpc) is 2.24. The molecule has 5 heteroatoms. The monoisotopic (exact) mass is 285 g/mol. The van der Waals surface area contributed by atoms with Gasteiger partial charge < -0.3 is 11.1 Å². The van der Waals surface area contributed by atoms with Crippen LogP contribution >= 0.6 is 15.9 Å². The first-order valence-corrected chi connectivity index (χ1v) is 5.76. The molecule has 0 heterocycles. The van der Waals surface area contributed by atoms with E-state index in [9.17, 15) is 4.79 Å². The number of likely N-dealkylation sites (N-methyl/N-ethyl adjacent to an activating group) is 2. The first-order valence-electron chi connectivity index (χ1n) is 4.96. The van der Waals surface area contributed by atoms with Gasteiger partial charge in [0.05, 0.1) is 6.54 Å². The lowest BCUT2D eigenvalue weighted by Crippen LogP contribution is -2.32. The van der Waals surface area contributed by atoms with E-state index in [1.165, 1.54) is 0 Å². The molecule has 0 fully saturated rings. The summed E-state index contributed by atoms with van der Waals surface area (Å²) in [6.45, 7) is 1.05. The fraction of sp³-hybridized carbons (Fsp3) is 0.364. The van der Waals surface area contributed by atoms with Gasteiger partial charge in [0.25, 0.3) is 0 Å². The Hall–Kier alpha value is -1.07. The molecule has 1 amide bonds. The molecule has 0 saturated heterocycles. The number of hydrogen-bond donors (Lipinski definition) is 2. The van der Waals surface area contributed by atoms with E-state index in [0.717, 1.165) is 10.0 Å². The van der Waals surface area contributed by atoms with Crippen LogP contribution in [-0.4, -0.2) is 31.4 Å². The third-order valence-corrected chi connectivity index (χ3v) is 3.21. The minimum atomic E-state index is 0.00234. The fourth-order valence-electron chi connectivity index (χ4n) is 1.39. The quantitative estimate of drug-likeness (QED) is 0.818. The summed E-state index contributed by atoms with van der Waals surface area (Å²) >= 11 is 3.44. The lowest BCUT2D eigenvalue weighted by atomic mass is 10.2. The van der Waals surface area contributed by atoms with E-state index in [4.69, 9.17) is 5.73 Å². The fourth-order valence-corrected chi connectivity index (χ4v) is 1.78. The summed E-state index contributed by atoms with van der Waals surface area (Å²) in [4.78, 5) is 13.1. The summed E-state index contributed by atoms with van der Waals surface area (Å²) in [5.41, 5.74) is 7.57. The first-order chi connectivity index (χ1) is 7.54. The van der Waals surface area contributed by atoms with Crippen LogP contribution < -0.4 is 11.1 Å². The molecule has 0 atom stereocenters. The number of amides is 1. The SMILES string of the molecule is CNC(=O)CN(C)Cc1cccc(N)c1Br. The predicted octanol–water partition coefficient (Wildman–Crippen LogP) is 1.21. The molecular formula is C11H16BrN3O. The molecule has 0 aliphatic heterocycles. The van der Waals surface area contributed by atoms with Crippen molar-refractivity contribution in [3.63, 3.8) is 0 Å². The molecule has 1 aromatic carbocycles. The zero-order valence-electron chi connectivity index (χ0n) is 9.46. The van der Waals surface area contributed by atoms with Gasteiger partial charge in [-0.1, -0.05) is 12.1 Å². The van der Waals surface area contributed by atoms with Crippen molar-refractivity contribution in [1.82, 2.24) is 10.2 Å². The lowest BCUT2D eigenvalue weighted by molar-refractivity contribution is -0.121. The van der Waals surface area contributed by atoms with E-state index in [1.54, 1.807) is 7.05 Å². The maximum atomic E-state index is 11.2. The van der Waals surface area contributed by atoms with Crippen LogP contribution in [0.2, 0.25) is 0 Å². The minimum Gasteiger partial charge on any atom is -0.398 e. The molecule has 1 aromatic rings. The van der Waals surface area contributed by atoms with Crippen LogP contribution in [-0.2, 0) is 11.3 Å². The second kappa shape index (κ2) is 5.86. The number of halogens is 1. The zero-order chi connectivity index (χ0) is 12.1. The summed E-state index contributed by atoms with van der Waals surface area (Å²) in [5.74, 6) is 0.00234. The summed E-state index contributed by atoms with van der Waals surface area (Å²) in [5, 5.41) is 2.59. The van der Waals surface area contributed by atoms with Gasteiger partial charge >= 0.3 is 0 Å². The maximum absolute atomic E-state index is 11.2. The Balaban J connectivity index is 2.66. The summed E-state index contributed by atoms with van der Waals surface area (Å²) < 4.78 is 0.902. The summed E-state index contributed by atoms with van der Waals surface area (Å²) in [7, 11) is 3.53. The summed E-state index contributed by atoms with van der Waals surface area (Å²) in [6, 6.07) is 5.73. The number of benzene rings is 1. The molecule has 16 heavy (non-hydrogen) atoms. The van der Waals surface area contributed by atoms with Crippen LogP contribution in [0.3, 0.4) is 0 Å². The standard InChI is InChI=1S/C11H16BrN3O/c1-14-10(16)7-15(2)6-8-4-3-5-9(13)11(8)12/h3-5H,6-7,13H2,1-2H3,(H,14,16). The van der Waals surface area contributed by atoms with Gasteiger partial charge in [0, 0.05) is 23.8 Å². The highest BCUT2D eigenvalue weighted by Crippen LogP contribution is 2.24. The van der Waals surface area contributed by atoms with Crippen molar-refractivity contribution in [3.8, 4) is 0 Å². The van der Waals surface area contributed by atoms with Gasteiger partial charge in [0.15, 0.2) is 0 Å². The zero-order valence-corrected chi connectivity index (χ0v) is 11.0. The Morgan fingerprint density at radius 3 is 2.88 bits per heavy atom. The van der Waals surface area contributed by atoms with Crippen LogP contribution in [0.1, 0.15) is 5.56 Å². The number of hydrogen-bond acceptors (Lipinski definition) is 3. The van der Waals surface area contributed by atoms with Crippen molar-refractivity contribution in [3.05, 3.63) is 28.2 Å². The number of nitrogens with one attached hydrogen (secondary N) is 1. The van der Waals surface area contributed by atoms with Gasteiger partial charge in [-0.25, -0.2) is 0 Å². The van der Waals surface area contributed by atoms with Gasteiger partial charge in [-0.15, -0.1) is 0 Å². The lowest BCUT2D eigenvalue weighted by Gasteiger charge is -2.17. The molecule has 0 aromatic heterocycles. The van der Waals surface area contributed by atoms with Gasteiger partial charge in [0.1, 0.15) is 0 Å². The van der Waals surface area contributed by atoms with E-state index < -0.39 is 0 Å². The number of nitrogens with zero attached hydrogens (tertiary/aromatic N) is 1. The molecule has 0 bridgehead atoms. The first kappa shape index (κ1) is 13.0. The number of carbonyl (C=O) groups is 1. The van der Waals surface area contributed by atoms with Crippen LogP contribution in [0, 0.1) is 0 Å². The highest BCUT2D eigenvalue weighted by atomic mass is 79.9. The molecule has 0 aliphatic carbocycles. The van der Waals surface area contributed by atoms with E-state index in [-0.39, 0.29) is 5.91 Å². The van der Waals surface area contributed by atoms with Crippen LogP contribution in [0.15, 0.2) is 22.7 Å². The highest BCUT2D eigenvalue weighted by Gasteiger charge is 2.08. The van der Waals surface area contributed by atoms with Crippen molar-refractivity contribution >= 4 is 27.5 Å². The molecule has 1 rings (SSSR count). The van der Waals surface area contributed by atoms with Gasteiger partial charge in [-0.2, -0.15) is 0 Å². The molecule has 0 unspecified atom stereocenters. The van der Waals surface area contributed by atoms with Crippen molar-refractivity contribution in [1.29, 1.82) is 0 Å². The Labute approximate surface area is 104 Å². The van der Waals surface area contributed by atoms with Crippen LogP contribution in [0.4, 0.5) is 5.69 Å². The maximum Gasteiger partial charge on any atom is 0.233 e. The third kappa shape index (κ3) is 3.50. The number of rotatable bonds is 4. The Kier molecular flexibility index (Phi) is 4.76. The molecule has 3 N–H and O–H groups in total. The molecule has 0 radical (unpaired) electrons. The predicted molar refractivity (Wildman–Crippen MR) is 69.0 cm³/mol. The largest absolute Gasteiger partial charge is 0.398 e. The molecule has 0 aliphatic rings. The van der Waals surface area contributed by atoms with Crippen molar-refractivity contribution in [2.75, 3.05) is 26.4 Å². The number of nitrogens with two attached hydrogens (primary N) is 1. The Morgan fingerprint density at radius 1 is 1.56 bits per heavy atom. The minimum absolute atomic E-state index is 0.00234. The normalized spacial score (nSPS) is 10.5. The van der Waals surface area contributed by atoms with Gasteiger partial charge in [0.2, 0.25) is 5.91 Å². The highest BCUT2D eigenvalue weighted by molar-refractivity contribution is 9.10. The molecule has 0 spiro atoms. The molecule has 88 valence electrons. The molecule has 0 saturated carbocycles. The van der Waals surface area contributed by atoms with Gasteiger partial charge in [-0.3, -0.25) is 9.69 Å². The van der Waals surface area contributed by atoms with E-state index in [2.05, 4.69) is 21.2 Å². The topological polar surface area (TPSA) is 58.4 Å². The van der Waals surface area contributed by atoms with Crippen LogP contribution in [0.5, 0.6) is 0 Å². The number of nitrogen functional groups attached to an aromatic ring is 1. The third-order valence-electron chi connectivity index (χ3n) is 2.24. The van der Waals surface area contributed by atoms with E-state index in [1.807, 2.05) is 30.1 Å². The van der Waals surface area contributed by atoms with Crippen molar-refractivity contribution < 1.29 is 4.79 Å². The average molecular weight is 286 g/mol. The second-order valence-corrected chi connectivity index (χ2v) is 4.46. The number of anilines is 1. The van der Waals surface area contributed by atoms with Crippen LogP contribution in [0.25, 0.3) is 0 Å². The van der Waals surface area contributed by atoms with E-state index >= 15 is 0 Å². The second-order valence-electron chi connectivity index (χ2n) is 3.67.